The number of ether oxygens (including phenoxy) is 1. The molecule has 1 fully saturated rings. The van der Waals surface area contributed by atoms with E-state index in [4.69, 9.17) is 9.26 Å². The first-order valence-corrected chi connectivity index (χ1v) is 10.3. The van der Waals surface area contributed by atoms with Gasteiger partial charge >= 0.3 is 5.97 Å². The van der Waals surface area contributed by atoms with Crippen molar-refractivity contribution in [3.8, 4) is 0 Å². The van der Waals surface area contributed by atoms with Crippen LogP contribution in [0.25, 0.3) is 21.9 Å². The minimum Gasteiger partial charge on any atom is -0.449 e. The number of benzene rings is 2. The number of hydrogen-bond donors (Lipinski definition) is 1. The molecule has 0 spiro atoms. The van der Waals surface area contributed by atoms with Crippen molar-refractivity contribution in [2.45, 2.75) is 38.7 Å². The molecule has 2 heterocycles. The van der Waals surface area contributed by atoms with Crippen molar-refractivity contribution in [3.05, 3.63) is 65.5 Å². The molecule has 1 N–H and O–H groups in total. The first-order chi connectivity index (χ1) is 15.0. The topological polar surface area (TPSA) is 94.3 Å². The molecule has 0 aliphatic heterocycles. The maximum absolute atomic E-state index is 12.9. The Morgan fingerprint density at radius 1 is 1.13 bits per heavy atom. The third-order valence-electron chi connectivity index (χ3n) is 5.52. The number of hydrogen-bond acceptors (Lipinski definition) is 6. The normalized spacial score (nSPS) is 14.5. The Kier molecular flexibility index (Phi) is 4.66. The van der Waals surface area contributed by atoms with E-state index in [2.05, 4.69) is 15.5 Å². The molecule has 5 rings (SSSR count). The van der Waals surface area contributed by atoms with Crippen LogP contribution < -0.4 is 5.32 Å². The number of pyridine rings is 1. The third kappa shape index (κ3) is 3.74. The van der Waals surface area contributed by atoms with Crippen LogP contribution in [0.4, 0.5) is 5.69 Å². The van der Waals surface area contributed by atoms with Gasteiger partial charge in [0.15, 0.2) is 6.10 Å². The predicted octanol–water partition coefficient (Wildman–Crippen LogP) is 4.75. The fourth-order valence-corrected chi connectivity index (χ4v) is 3.65. The average molecular weight is 415 g/mol. The number of aromatic nitrogens is 2. The monoisotopic (exact) mass is 415 g/mol. The molecule has 2 aromatic carbocycles. The van der Waals surface area contributed by atoms with Crippen molar-refractivity contribution in [2.75, 3.05) is 5.32 Å². The van der Waals surface area contributed by atoms with Gasteiger partial charge in [-0.25, -0.2) is 9.78 Å². The van der Waals surface area contributed by atoms with Gasteiger partial charge in [-0.05, 0) is 55.7 Å². The van der Waals surface area contributed by atoms with Gasteiger partial charge in [-0.15, -0.1) is 0 Å². The summed E-state index contributed by atoms with van der Waals surface area (Å²) >= 11 is 0. The summed E-state index contributed by atoms with van der Waals surface area (Å²) in [5.74, 6) is -0.671. The number of nitrogens with zero attached hydrogens (tertiary/aromatic N) is 2. The van der Waals surface area contributed by atoms with E-state index in [0.717, 1.165) is 29.3 Å². The molecule has 1 unspecified atom stereocenters. The Balaban J connectivity index is 1.35. The number of amides is 1. The van der Waals surface area contributed by atoms with Crippen LogP contribution in [0.5, 0.6) is 0 Å². The molecule has 7 nitrogen and oxygen atoms in total. The molecule has 1 saturated carbocycles. The molecule has 2 aromatic heterocycles. The molecule has 7 heteroatoms. The predicted molar refractivity (Wildman–Crippen MR) is 116 cm³/mol. The lowest BCUT2D eigenvalue weighted by Crippen LogP contribution is -2.30. The van der Waals surface area contributed by atoms with E-state index in [1.165, 1.54) is 0 Å². The summed E-state index contributed by atoms with van der Waals surface area (Å²) < 4.78 is 10.8. The summed E-state index contributed by atoms with van der Waals surface area (Å²) in [7, 11) is 0. The molecule has 1 amide bonds. The Morgan fingerprint density at radius 3 is 2.68 bits per heavy atom. The van der Waals surface area contributed by atoms with Crippen molar-refractivity contribution in [2.24, 2.45) is 0 Å². The minimum absolute atomic E-state index is 0.321. The summed E-state index contributed by atoms with van der Waals surface area (Å²) in [6, 6.07) is 15.3. The fraction of sp³-hybridized carbons (Fsp3) is 0.250. The molecule has 0 bridgehead atoms. The van der Waals surface area contributed by atoms with Crippen molar-refractivity contribution < 1.29 is 18.8 Å². The Bertz CT molecular complexity index is 1320. The van der Waals surface area contributed by atoms with Gasteiger partial charge in [-0.2, -0.15) is 0 Å². The Labute approximate surface area is 178 Å². The third-order valence-corrected chi connectivity index (χ3v) is 5.52. The minimum atomic E-state index is -0.980. The number of anilines is 1. The second-order valence-electron chi connectivity index (χ2n) is 7.92. The second-order valence-corrected chi connectivity index (χ2v) is 7.92. The number of aryl methyl sites for hydroxylation is 1. The van der Waals surface area contributed by atoms with Crippen molar-refractivity contribution >= 4 is 39.4 Å². The number of fused-ring (bicyclic) bond motifs is 2. The van der Waals surface area contributed by atoms with Crippen LogP contribution in [-0.2, 0) is 9.53 Å². The number of carbonyl (C=O) groups excluding carboxylic acids is 2. The van der Waals surface area contributed by atoms with E-state index in [0.29, 0.717) is 34.0 Å². The van der Waals surface area contributed by atoms with Gasteiger partial charge in [0.2, 0.25) is 0 Å². The number of carbonyl (C=O) groups is 2. The van der Waals surface area contributed by atoms with Crippen LogP contribution in [0.15, 0.2) is 53.1 Å². The van der Waals surface area contributed by atoms with E-state index >= 15 is 0 Å². The van der Waals surface area contributed by atoms with Crippen LogP contribution >= 0.6 is 0 Å². The lowest BCUT2D eigenvalue weighted by Gasteiger charge is -2.14. The van der Waals surface area contributed by atoms with Gasteiger partial charge in [-0.3, -0.25) is 4.79 Å². The molecule has 1 aliphatic rings. The van der Waals surface area contributed by atoms with Gasteiger partial charge in [-0.1, -0.05) is 35.5 Å². The van der Waals surface area contributed by atoms with Crippen LogP contribution in [-0.4, -0.2) is 28.1 Å². The zero-order valence-electron chi connectivity index (χ0n) is 17.2. The maximum atomic E-state index is 12.9. The van der Waals surface area contributed by atoms with Crippen molar-refractivity contribution in [1.29, 1.82) is 0 Å². The van der Waals surface area contributed by atoms with Crippen LogP contribution in [0.1, 0.15) is 47.4 Å². The molecule has 31 heavy (non-hydrogen) atoms. The highest BCUT2D eigenvalue weighted by molar-refractivity contribution is 6.05. The fourth-order valence-electron chi connectivity index (χ4n) is 3.65. The van der Waals surface area contributed by atoms with Crippen LogP contribution in [0, 0.1) is 6.92 Å². The van der Waals surface area contributed by atoms with E-state index in [1.807, 2.05) is 42.5 Å². The summed E-state index contributed by atoms with van der Waals surface area (Å²) in [5, 5.41) is 9.36. The summed E-state index contributed by atoms with van der Waals surface area (Å²) in [6.07, 6.45) is 1.08. The van der Waals surface area contributed by atoms with Crippen molar-refractivity contribution in [1.82, 2.24) is 10.1 Å². The summed E-state index contributed by atoms with van der Waals surface area (Å²) in [6.45, 7) is 3.30. The first kappa shape index (κ1) is 19.2. The zero-order chi connectivity index (χ0) is 21.5. The molecular weight excluding hydrogens is 394 g/mol. The Hall–Kier alpha value is -3.74. The second kappa shape index (κ2) is 7.50. The van der Waals surface area contributed by atoms with Gasteiger partial charge in [0.05, 0.1) is 16.6 Å². The van der Waals surface area contributed by atoms with Gasteiger partial charge < -0.3 is 14.6 Å². The van der Waals surface area contributed by atoms with Gasteiger partial charge in [0, 0.05) is 17.3 Å². The molecular formula is C24H21N3O4. The van der Waals surface area contributed by atoms with Crippen molar-refractivity contribution in [3.63, 3.8) is 0 Å². The number of esters is 1. The molecule has 4 aromatic rings. The first-order valence-electron chi connectivity index (χ1n) is 10.3. The van der Waals surface area contributed by atoms with Crippen LogP contribution in [0.2, 0.25) is 0 Å². The lowest BCUT2D eigenvalue weighted by molar-refractivity contribution is -0.123. The highest BCUT2D eigenvalue weighted by atomic mass is 16.5. The highest BCUT2D eigenvalue weighted by Gasteiger charge is 2.30. The standard InChI is InChI=1S/C24H21N3O4/c1-13-21-19(12-20(16-7-8-16)26-23(21)31-27-13)24(29)30-14(2)22(28)25-18-10-9-15-5-3-4-6-17(15)11-18/h3-6,9-12,14,16H,7-8H2,1-2H3,(H,25,28). The largest absolute Gasteiger partial charge is 0.449 e. The quantitative estimate of drug-likeness (QED) is 0.473. The lowest BCUT2D eigenvalue weighted by atomic mass is 10.1. The van der Waals surface area contributed by atoms with Crippen LogP contribution in [0.3, 0.4) is 0 Å². The summed E-state index contributed by atoms with van der Waals surface area (Å²) in [5.41, 5.74) is 2.65. The summed E-state index contributed by atoms with van der Waals surface area (Å²) in [4.78, 5) is 30.1. The molecule has 1 atom stereocenters. The molecule has 1 aliphatic carbocycles. The number of rotatable bonds is 5. The number of nitrogens with one attached hydrogen (secondary N) is 1. The van der Waals surface area contributed by atoms with Gasteiger partial charge in [0.25, 0.3) is 11.6 Å². The zero-order valence-corrected chi connectivity index (χ0v) is 17.2. The maximum Gasteiger partial charge on any atom is 0.339 e. The average Bonchev–Trinajstić information content (AvgIpc) is 3.56. The van der Waals surface area contributed by atoms with E-state index in [-0.39, 0.29) is 0 Å². The molecule has 0 radical (unpaired) electrons. The van der Waals surface area contributed by atoms with Gasteiger partial charge in [0.1, 0.15) is 0 Å². The SMILES string of the molecule is Cc1noc2nc(C3CC3)cc(C(=O)OC(C)C(=O)Nc3ccc4ccccc4c3)c12. The smallest absolute Gasteiger partial charge is 0.339 e. The van der Waals surface area contributed by atoms with E-state index < -0.39 is 18.0 Å². The highest BCUT2D eigenvalue weighted by Crippen LogP contribution is 2.40. The van der Waals surface area contributed by atoms with E-state index in [9.17, 15) is 9.59 Å². The van der Waals surface area contributed by atoms with E-state index in [1.54, 1.807) is 19.9 Å². The molecule has 156 valence electrons. The molecule has 0 saturated heterocycles. The Morgan fingerprint density at radius 2 is 1.90 bits per heavy atom.